The maximum absolute atomic E-state index is 14.7. The van der Waals surface area contributed by atoms with Gasteiger partial charge in [-0.1, -0.05) is 30.3 Å². The predicted octanol–water partition coefficient (Wildman–Crippen LogP) is 5.02. The summed E-state index contributed by atoms with van der Waals surface area (Å²) in [6.07, 6.45) is 1.90. The summed E-state index contributed by atoms with van der Waals surface area (Å²) < 4.78 is 37.4. The first-order valence-corrected chi connectivity index (χ1v) is 17.8. The zero-order valence-corrected chi connectivity index (χ0v) is 30.3. The van der Waals surface area contributed by atoms with Crippen LogP contribution in [0.25, 0.3) is 0 Å². The summed E-state index contributed by atoms with van der Waals surface area (Å²) in [5, 5.41) is 0. The molecule has 11 nitrogen and oxygen atoms in total. The normalized spacial score (nSPS) is 22.9. The lowest BCUT2D eigenvalue weighted by atomic mass is 10.0. The average molecular weight is 704 g/mol. The number of amides is 2. The molecule has 0 saturated carbocycles. The van der Waals surface area contributed by atoms with Crippen molar-refractivity contribution in [3.8, 4) is 11.6 Å². The van der Waals surface area contributed by atoms with E-state index in [-0.39, 0.29) is 55.7 Å². The van der Waals surface area contributed by atoms with Crippen molar-refractivity contribution in [1.29, 1.82) is 0 Å². The number of anilines is 1. The largest absolute Gasteiger partial charge is 0.491 e. The zero-order chi connectivity index (χ0) is 36.1. The quantitative estimate of drug-likeness (QED) is 0.305. The Balaban J connectivity index is 1.28. The van der Waals surface area contributed by atoms with Gasteiger partial charge in [0.2, 0.25) is 11.8 Å². The molecule has 4 atom stereocenters. The number of aromatic nitrogens is 1. The number of fused-ring (bicyclic) bond motifs is 1. The van der Waals surface area contributed by atoms with E-state index in [2.05, 4.69) is 21.7 Å². The van der Waals surface area contributed by atoms with Gasteiger partial charge in [-0.25, -0.2) is 14.2 Å². The molecule has 0 spiro atoms. The van der Waals surface area contributed by atoms with Crippen molar-refractivity contribution in [2.45, 2.75) is 70.8 Å². The Kier molecular flexibility index (Phi) is 11.4. The number of rotatable bonds is 9. The van der Waals surface area contributed by atoms with Crippen LogP contribution in [-0.2, 0) is 20.7 Å². The first-order chi connectivity index (χ1) is 24.4. The Morgan fingerprint density at radius 3 is 2.43 bits per heavy atom. The van der Waals surface area contributed by atoms with Gasteiger partial charge in [0.15, 0.2) is 0 Å². The van der Waals surface area contributed by atoms with Crippen LogP contribution in [-0.4, -0.2) is 121 Å². The molecule has 2 amide bonds. The number of morpholine rings is 1. The van der Waals surface area contributed by atoms with Crippen molar-refractivity contribution in [3.63, 3.8) is 0 Å². The third-order valence-corrected chi connectivity index (χ3v) is 9.57. The van der Waals surface area contributed by atoms with Crippen molar-refractivity contribution in [1.82, 2.24) is 19.7 Å². The molecule has 0 N–H and O–H groups in total. The molecule has 12 heteroatoms. The summed E-state index contributed by atoms with van der Waals surface area (Å²) in [4.78, 5) is 40.9. The van der Waals surface area contributed by atoms with Gasteiger partial charge >= 0.3 is 6.09 Å². The van der Waals surface area contributed by atoms with Crippen molar-refractivity contribution >= 4 is 17.7 Å². The van der Waals surface area contributed by atoms with Crippen molar-refractivity contribution in [2.75, 3.05) is 64.1 Å². The van der Waals surface area contributed by atoms with Gasteiger partial charge in [-0.3, -0.25) is 19.5 Å². The van der Waals surface area contributed by atoms with Gasteiger partial charge in [-0.05, 0) is 82.5 Å². The number of carbonyl (C=O) groups is 2. The highest BCUT2D eigenvalue weighted by molar-refractivity contribution is 5.97. The summed E-state index contributed by atoms with van der Waals surface area (Å²) in [5.41, 5.74) is 1.74. The van der Waals surface area contributed by atoms with Crippen LogP contribution in [0.15, 0.2) is 66.9 Å². The molecule has 0 radical (unpaired) electrons. The highest BCUT2D eigenvalue weighted by Gasteiger charge is 2.41. The van der Waals surface area contributed by atoms with Crippen molar-refractivity contribution < 1.29 is 32.9 Å². The number of para-hydroxylation sites is 1. The topological polar surface area (TPSA) is 96.9 Å². The first-order valence-electron chi connectivity index (χ1n) is 17.8. The van der Waals surface area contributed by atoms with Gasteiger partial charge in [0.25, 0.3) is 0 Å². The number of hydrogen-bond acceptors (Lipinski definition) is 9. The Bertz CT molecular complexity index is 1640. The molecule has 274 valence electrons. The lowest BCUT2D eigenvalue weighted by Gasteiger charge is -2.48. The van der Waals surface area contributed by atoms with E-state index in [1.165, 1.54) is 12.1 Å². The lowest BCUT2D eigenvalue weighted by Crippen LogP contribution is -2.65. The molecule has 0 unspecified atom stereocenters. The van der Waals surface area contributed by atoms with E-state index < -0.39 is 11.6 Å². The molecule has 3 aromatic rings. The van der Waals surface area contributed by atoms with E-state index in [4.69, 9.17) is 18.9 Å². The minimum absolute atomic E-state index is 0.111. The number of ether oxygens (including phenoxy) is 4. The molecule has 3 aliphatic heterocycles. The molecule has 2 fully saturated rings. The minimum Gasteiger partial charge on any atom is -0.491 e. The summed E-state index contributed by atoms with van der Waals surface area (Å²) in [5.74, 6) is 0.672. The second-order valence-electron chi connectivity index (χ2n) is 14.8. The number of nitrogens with zero attached hydrogens (tertiary/aromatic N) is 5. The standard InChI is InChI=1S/C39H50FN5O6/c1-27-20-43(32(21-42-15-16-48-24-28(42)2)22-44(27)38(47)51-39(3,4)5)23-36(46)45-33(25-49-34-9-7-6-8-10-34)26-50-37-35(45)18-30(19-41-37)17-29-11-13-31(40)14-12-29/h6-14,18-19,27-28,32-33H,15-17,20-26H2,1-5H3/t27-,28-,32+,33+/m1/s1. The molecule has 6 rings (SSSR count). The Morgan fingerprint density at radius 2 is 1.71 bits per heavy atom. The van der Waals surface area contributed by atoms with Gasteiger partial charge in [-0.2, -0.15) is 0 Å². The van der Waals surface area contributed by atoms with E-state index in [0.29, 0.717) is 56.6 Å². The van der Waals surface area contributed by atoms with E-state index in [0.717, 1.165) is 17.7 Å². The molecule has 51 heavy (non-hydrogen) atoms. The highest BCUT2D eigenvalue weighted by Crippen LogP contribution is 2.34. The average Bonchev–Trinajstić information content (AvgIpc) is 3.09. The second kappa shape index (κ2) is 16.0. The zero-order valence-electron chi connectivity index (χ0n) is 30.3. The van der Waals surface area contributed by atoms with E-state index in [1.807, 2.05) is 64.1 Å². The third kappa shape index (κ3) is 9.35. The third-order valence-electron chi connectivity index (χ3n) is 9.57. The van der Waals surface area contributed by atoms with E-state index >= 15 is 0 Å². The monoisotopic (exact) mass is 703 g/mol. The molecule has 0 aliphatic carbocycles. The number of benzene rings is 2. The lowest BCUT2D eigenvalue weighted by molar-refractivity contribution is -0.123. The van der Waals surface area contributed by atoms with Gasteiger partial charge in [0, 0.05) is 50.5 Å². The maximum atomic E-state index is 14.7. The van der Waals surface area contributed by atoms with Gasteiger partial charge in [0.1, 0.15) is 42.1 Å². The molecule has 1 aromatic heterocycles. The number of hydrogen-bond donors (Lipinski definition) is 0. The summed E-state index contributed by atoms with van der Waals surface area (Å²) >= 11 is 0. The van der Waals surface area contributed by atoms with Gasteiger partial charge in [-0.15, -0.1) is 0 Å². The second-order valence-corrected chi connectivity index (χ2v) is 14.8. The first kappa shape index (κ1) is 36.5. The Hall–Kier alpha value is -4.26. The Labute approximate surface area is 300 Å². The molecular weight excluding hydrogens is 653 g/mol. The SMILES string of the molecule is C[C@@H]1COCCN1C[C@H]1CN(C(=O)OC(C)(C)C)[C@H](C)CN1CC(=O)N1c2cc(Cc3ccc(F)cc3)cnc2OC[C@@H]1COc1ccccc1. The molecule has 4 heterocycles. The highest BCUT2D eigenvalue weighted by atomic mass is 19.1. The van der Waals surface area contributed by atoms with Crippen molar-refractivity contribution in [3.05, 3.63) is 83.8 Å². The minimum atomic E-state index is -0.623. The van der Waals surface area contributed by atoms with E-state index in [1.54, 1.807) is 28.1 Å². The van der Waals surface area contributed by atoms with Crippen LogP contribution < -0.4 is 14.4 Å². The summed E-state index contributed by atoms with van der Waals surface area (Å²) in [6, 6.07) is 17.3. The van der Waals surface area contributed by atoms with Crippen LogP contribution in [0.3, 0.4) is 0 Å². The molecule has 2 aromatic carbocycles. The van der Waals surface area contributed by atoms with Crippen LogP contribution in [0.4, 0.5) is 14.9 Å². The number of carbonyl (C=O) groups excluding carboxylic acids is 2. The van der Waals surface area contributed by atoms with Crippen LogP contribution in [0.5, 0.6) is 11.6 Å². The van der Waals surface area contributed by atoms with E-state index in [9.17, 15) is 14.0 Å². The molecule has 2 saturated heterocycles. The molecule has 3 aliphatic rings. The maximum Gasteiger partial charge on any atom is 0.410 e. The van der Waals surface area contributed by atoms with Crippen LogP contribution in [0, 0.1) is 5.82 Å². The predicted molar refractivity (Wildman–Crippen MR) is 192 cm³/mol. The number of halogens is 1. The van der Waals surface area contributed by atoms with Crippen LogP contribution >= 0.6 is 0 Å². The fraction of sp³-hybridized carbons (Fsp3) is 0.513. The smallest absolute Gasteiger partial charge is 0.410 e. The van der Waals surface area contributed by atoms with Gasteiger partial charge in [0.05, 0.1) is 19.8 Å². The van der Waals surface area contributed by atoms with Crippen LogP contribution in [0.1, 0.15) is 45.7 Å². The Morgan fingerprint density at radius 1 is 0.941 bits per heavy atom. The fourth-order valence-electron chi connectivity index (χ4n) is 6.92. The van der Waals surface area contributed by atoms with Gasteiger partial charge < -0.3 is 23.8 Å². The summed E-state index contributed by atoms with van der Waals surface area (Å²) in [7, 11) is 0. The fourth-order valence-corrected chi connectivity index (χ4v) is 6.92. The summed E-state index contributed by atoms with van der Waals surface area (Å²) in [6.45, 7) is 14.0. The number of piperazine rings is 1. The molecule has 0 bridgehead atoms. The molecular formula is C39H50FN5O6. The number of pyridine rings is 1. The van der Waals surface area contributed by atoms with Crippen LogP contribution in [0.2, 0.25) is 0 Å². The van der Waals surface area contributed by atoms with Crippen molar-refractivity contribution in [2.24, 2.45) is 0 Å².